The monoisotopic (exact) mass is 330 g/mol. The third-order valence-electron chi connectivity index (χ3n) is 4.97. The summed E-state index contributed by atoms with van der Waals surface area (Å²) in [4.78, 5) is 31.0. The molecule has 2 aliphatic heterocycles. The van der Waals surface area contributed by atoms with Crippen molar-refractivity contribution in [3.05, 3.63) is 29.3 Å². The molecule has 6 heteroatoms. The molecule has 2 amide bonds. The van der Waals surface area contributed by atoms with E-state index in [1.807, 2.05) is 22.8 Å². The summed E-state index contributed by atoms with van der Waals surface area (Å²) in [5, 5.41) is 0. The van der Waals surface area contributed by atoms with Crippen LogP contribution >= 0.6 is 0 Å². The lowest BCUT2D eigenvalue weighted by Gasteiger charge is -2.35. The van der Waals surface area contributed by atoms with E-state index in [0.717, 1.165) is 18.7 Å². The molecular weight excluding hydrogens is 304 g/mol. The molecule has 2 heterocycles. The summed E-state index contributed by atoms with van der Waals surface area (Å²) < 4.78 is 0. The van der Waals surface area contributed by atoms with Gasteiger partial charge in [-0.25, -0.2) is 0 Å². The van der Waals surface area contributed by atoms with Crippen LogP contribution in [0, 0.1) is 6.92 Å². The van der Waals surface area contributed by atoms with Gasteiger partial charge < -0.3 is 15.5 Å². The average molecular weight is 330 g/mol. The standard InChI is InChI=1S/C18H26N4O2/c1-14-4-5-15(19)12-16(14)18(24)22-10-8-21(9-11-22)17(23)13-20-6-2-3-7-20/h4-5,12H,2-3,6-11,13,19H2,1H3. The highest BCUT2D eigenvalue weighted by atomic mass is 16.2. The molecule has 6 nitrogen and oxygen atoms in total. The van der Waals surface area contributed by atoms with Crippen LogP contribution in [0.2, 0.25) is 0 Å². The zero-order chi connectivity index (χ0) is 17.1. The van der Waals surface area contributed by atoms with Crippen LogP contribution in [0.15, 0.2) is 18.2 Å². The van der Waals surface area contributed by atoms with E-state index in [2.05, 4.69) is 4.90 Å². The number of amides is 2. The lowest BCUT2D eigenvalue weighted by molar-refractivity contribution is -0.133. The van der Waals surface area contributed by atoms with Crippen molar-refractivity contribution in [2.75, 3.05) is 51.5 Å². The van der Waals surface area contributed by atoms with E-state index >= 15 is 0 Å². The van der Waals surface area contributed by atoms with Crippen LogP contribution in [0.25, 0.3) is 0 Å². The number of aryl methyl sites for hydroxylation is 1. The van der Waals surface area contributed by atoms with Gasteiger partial charge in [0.1, 0.15) is 0 Å². The first-order chi connectivity index (χ1) is 11.5. The number of benzene rings is 1. The van der Waals surface area contributed by atoms with Crippen molar-refractivity contribution in [3.63, 3.8) is 0 Å². The van der Waals surface area contributed by atoms with E-state index in [-0.39, 0.29) is 11.8 Å². The first-order valence-corrected chi connectivity index (χ1v) is 8.70. The molecule has 0 aromatic heterocycles. The lowest BCUT2D eigenvalue weighted by Crippen LogP contribution is -2.52. The highest BCUT2D eigenvalue weighted by Crippen LogP contribution is 2.16. The van der Waals surface area contributed by atoms with Crippen LogP contribution in [-0.2, 0) is 4.79 Å². The normalized spacial score (nSPS) is 18.9. The van der Waals surface area contributed by atoms with E-state index in [4.69, 9.17) is 5.73 Å². The predicted octanol–water partition coefficient (Wildman–Crippen LogP) is 0.957. The maximum atomic E-state index is 12.7. The van der Waals surface area contributed by atoms with Gasteiger partial charge in [0, 0.05) is 37.4 Å². The summed E-state index contributed by atoms with van der Waals surface area (Å²) in [6.07, 6.45) is 2.38. The summed E-state index contributed by atoms with van der Waals surface area (Å²) in [6, 6.07) is 5.42. The van der Waals surface area contributed by atoms with Crippen LogP contribution in [0.3, 0.4) is 0 Å². The average Bonchev–Trinajstić information content (AvgIpc) is 3.09. The van der Waals surface area contributed by atoms with Crippen LogP contribution in [-0.4, -0.2) is 72.3 Å². The van der Waals surface area contributed by atoms with E-state index in [0.29, 0.717) is 44.0 Å². The molecule has 0 bridgehead atoms. The molecular formula is C18H26N4O2. The van der Waals surface area contributed by atoms with Gasteiger partial charge in [0.2, 0.25) is 5.91 Å². The van der Waals surface area contributed by atoms with Crippen molar-refractivity contribution < 1.29 is 9.59 Å². The molecule has 24 heavy (non-hydrogen) atoms. The second-order valence-electron chi connectivity index (χ2n) is 6.73. The van der Waals surface area contributed by atoms with Crippen molar-refractivity contribution in [2.24, 2.45) is 0 Å². The Morgan fingerprint density at radius 3 is 2.29 bits per heavy atom. The highest BCUT2D eigenvalue weighted by Gasteiger charge is 2.27. The summed E-state index contributed by atoms with van der Waals surface area (Å²) in [5.74, 6) is 0.190. The van der Waals surface area contributed by atoms with Crippen molar-refractivity contribution >= 4 is 17.5 Å². The fourth-order valence-corrected chi connectivity index (χ4v) is 3.43. The predicted molar refractivity (Wildman–Crippen MR) is 93.7 cm³/mol. The number of carbonyl (C=O) groups is 2. The van der Waals surface area contributed by atoms with Gasteiger partial charge in [-0.05, 0) is 50.6 Å². The molecule has 3 rings (SSSR count). The first-order valence-electron chi connectivity index (χ1n) is 8.70. The van der Waals surface area contributed by atoms with Gasteiger partial charge in [-0.3, -0.25) is 14.5 Å². The second-order valence-corrected chi connectivity index (χ2v) is 6.73. The maximum absolute atomic E-state index is 12.7. The van der Waals surface area contributed by atoms with Gasteiger partial charge in [-0.1, -0.05) is 6.07 Å². The Labute approximate surface area is 143 Å². The highest BCUT2D eigenvalue weighted by molar-refractivity contribution is 5.96. The summed E-state index contributed by atoms with van der Waals surface area (Å²) in [6.45, 7) is 6.87. The van der Waals surface area contributed by atoms with Crippen molar-refractivity contribution in [3.8, 4) is 0 Å². The number of rotatable bonds is 3. The van der Waals surface area contributed by atoms with E-state index < -0.39 is 0 Å². The van der Waals surface area contributed by atoms with Gasteiger partial charge >= 0.3 is 0 Å². The van der Waals surface area contributed by atoms with Gasteiger partial charge in [0.15, 0.2) is 0 Å². The van der Waals surface area contributed by atoms with Crippen molar-refractivity contribution in [1.29, 1.82) is 0 Å². The van der Waals surface area contributed by atoms with Crippen LogP contribution in [0.1, 0.15) is 28.8 Å². The second kappa shape index (κ2) is 7.21. The summed E-state index contributed by atoms with van der Waals surface area (Å²) in [5.41, 5.74) is 8.00. The molecule has 0 atom stereocenters. The Morgan fingerprint density at radius 2 is 1.62 bits per heavy atom. The molecule has 1 aromatic rings. The van der Waals surface area contributed by atoms with Gasteiger partial charge in [-0.15, -0.1) is 0 Å². The first kappa shape index (κ1) is 16.8. The van der Waals surface area contributed by atoms with E-state index in [1.165, 1.54) is 12.8 Å². The Bertz CT molecular complexity index is 617. The molecule has 2 fully saturated rings. The van der Waals surface area contributed by atoms with Crippen LogP contribution < -0.4 is 5.73 Å². The number of likely N-dealkylation sites (tertiary alicyclic amines) is 1. The number of nitrogen functional groups attached to an aromatic ring is 1. The number of anilines is 1. The molecule has 2 saturated heterocycles. The number of nitrogens with zero attached hydrogens (tertiary/aromatic N) is 3. The minimum absolute atomic E-state index is 0.00596. The maximum Gasteiger partial charge on any atom is 0.254 e. The van der Waals surface area contributed by atoms with Gasteiger partial charge in [-0.2, -0.15) is 0 Å². The van der Waals surface area contributed by atoms with E-state index in [9.17, 15) is 9.59 Å². The van der Waals surface area contributed by atoms with Gasteiger partial charge in [0.05, 0.1) is 6.54 Å². The number of hydrogen-bond acceptors (Lipinski definition) is 4. The lowest BCUT2D eigenvalue weighted by atomic mass is 10.1. The molecule has 0 aliphatic carbocycles. The number of piperazine rings is 1. The Morgan fingerprint density at radius 1 is 1.00 bits per heavy atom. The fraction of sp³-hybridized carbons (Fsp3) is 0.556. The number of carbonyl (C=O) groups excluding carboxylic acids is 2. The van der Waals surface area contributed by atoms with Gasteiger partial charge in [0.25, 0.3) is 5.91 Å². The number of hydrogen-bond donors (Lipinski definition) is 1. The van der Waals surface area contributed by atoms with E-state index in [1.54, 1.807) is 12.1 Å². The summed E-state index contributed by atoms with van der Waals surface area (Å²) >= 11 is 0. The quantitative estimate of drug-likeness (QED) is 0.838. The fourth-order valence-electron chi connectivity index (χ4n) is 3.43. The summed E-state index contributed by atoms with van der Waals surface area (Å²) in [7, 11) is 0. The smallest absolute Gasteiger partial charge is 0.254 e. The Balaban J connectivity index is 1.55. The molecule has 0 radical (unpaired) electrons. The molecule has 0 unspecified atom stereocenters. The zero-order valence-corrected chi connectivity index (χ0v) is 14.3. The molecule has 2 aliphatic rings. The minimum Gasteiger partial charge on any atom is -0.399 e. The zero-order valence-electron chi connectivity index (χ0n) is 14.3. The number of nitrogens with two attached hydrogens (primary N) is 1. The topological polar surface area (TPSA) is 69.9 Å². The molecule has 0 spiro atoms. The molecule has 0 saturated carbocycles. The van der Waals surface area contributed by atoms with Crippen LogP contribution in [0.4, 0.5) is 5.69 Å². The molecule has 2 N–H and O–H groups in total. The SMILES string of the molecule is Cc1ccc(N)cc1C(=O)N1CCN(C(=O)CN2CCCC2)CC1. The Hall–Kier alpha value is -2.08. The third-order valence-corrected chi connectivity index (χ3v) is 4.97. The van der Waals surface area contributed by atoms with Crippen molar-refractivity contribution in [1.82, 2.24) is 14.7 Å². The molecule has 130 valence electrons. The minimum atomic E-state index is 0.00596. The third kappa shape index (κ3) is 3.70. The largest absolute Gasteiger partial charge is 0.399 e. The molecule has 1 aromatic carbocycles. The van der Waals surface area contributed by atoms with Crippen LogP contribution in [0.5, 0.6) is 0 Å². The Kier molecular flexibility index (Phi) is 5.04. The van der Waals surface area contributed by atoms with Crippen molar-refractivity contribution in [2.45, 2.75) is 19.8 Å².